The SMILES string of the molecule is C#CCC(=O)OCCO/C(C=N)=C/C=C(\C)C=O. The van der Waals surface area contributed by atoms with Crippen molar-refractivity contribution in [3.63, 3.8) is 0 Å². The van der Waals surface area contributed by atoms with Gasteiger partial charge in [-0.25, -0.2) is 0 Å². The third kappa shape index (κ3) is 7.88. The molecule has 0 fully saturated rings. The lowest BCUT2D eigenvalue weighted by molar-refractivity contribution is -0.143. The summed E-state index contributed by atoms with van der Waals surface area (Å²) in [5, 5.41) is 7.08. The van der Waals surface area contributed by atoms with Crippen LogP contribution in [0.2, 0.25) is 0 Å². The van der Waals surface area contributed by atoms with Gasteiger partial charge >= 0.3 is 5.97 Å². The van der Waals surface area contributed by atoms with Crippen molar-refractivity contribution in [2.45, 2.75) is 13.3 Å². The first kappa shape index (κ1) is 15.7. The Labute approximate surface area is 106 Å². The lowest BCUT2D eigenvalue weighted by atomic mass is 10.3. The third-order valence-electron chi connectivity index (χ3n) is 1.70. The molecule has 0 unspecified atom stereocenters. The molecule has 0 aliphatic carbocycles. The van der Waals surface area contributed by atoms with Crippen molar-refractivity contribution in [3.8, 4) is 12.3 Å². The molecule has 0 heterocycles. The molecular formula is C13H15NO4. The van der Waals surface area contributed by atoms with Gasteiger partial charge in [-0.2, -0.15) is 0 Å². The number of hydrogen-bond donors (Lipinski definition) is 1. The van der Waals surface area contributed by atoms with Gasteiger partial charge in [-0.15, -0.1) is 6.42 Å². The Bertz CT molecular complexity index is 402. The molecule has 0 amide bonds. The molecule has 0 aromatic heterocycles. The van der Waals surface area contributed by atoms with Gasteiger partial charge in [-0.3, -0.25) is 9.59 Å². The molecule has 0 atom stereocenters. The van der Waals surface area contributed by atoms with Crippen molar-refractivity contribution in [1.29, 1.82) is 5.41 Å². The summed E-state index contributed by atoms with van der Waals surface area (Å²) in [6.07, 6.45) is 9.56. The summed E-state index contributed by atoms with van der Waals surface area (Å²) in [7, 11) is 0. The fourth-order valence-corrected chi connectivity index (χ4v) is 0.840. The summed E-state index contributed by atoms with van der Waals surface area (Å²) in [5.74, 6) is 1.94. The Hall–Kier alpha value is -2.35. The summed E-state index contributed by atoms with van der Waals surface area (Å²) < 4.78 is 9.89. The quantitative estimate of drug-likeness (QED) is 0.103. The number of terminal acetylenes is 1. The number of ether oxygens (including phenoxy) is 2. The van der Waals surface area contributed by atoms with Crippen LogP contribution in [0, 0.1) is 17.8 Å². The van der Waals surface area contributed by atoms with Crippen molar-refractivity contribution >= 4 is 18.5 Å². The number of hydrogen-bond acceptors (Lipinski definition) is 5. The van der Waals surface area contributed by atoms with E-state index in [4.69, 9.17) is 21.3 Å². The molecule has 0 bridgehead atoms. The summed E-state index contributed by atoms with van der Waals surface area (Å²) in [6, 6.07) is 0. The van der Waals surface area contributed by atoms with Crippen LogP contribution in [0.4, 0.5) is 0 Å². The summed E-state index contributed by atoms with van der Waals surface area (Å²) >= 11 is 0. The second kappa shape index (κ2) is 9.85. The van der Waals surface area contributed by atoms with E-state index < -0.39 is 5.97 Å². The van der Waals surface area contributed by atoms with E-state index in [9.17, 15) is 9.59 Å². The van der Waals surface area contributed by atoms with Crippen LogP contribution in [-0.2, 0) is 19.1 Å². The maximum Gasteiger partial charge on any atom is 0.318 e. The summed E-state index contributed by atoms with van der Waals surface area (Å²) in [6.45, 7) is 1.81. The van der Waals surface area contributed by atoms with Crippen LogP contribution in [0.1, 0.15) is 13.3 Å². The van der Waals surface area contributed by atoms with Crippen molar-refractivity contribution in [1.82, 2.24) is 0 Å². The number of aldehydes is 1. The lowest BCUT2D eigenvalue weighted by Gasteiger charge is -2.06. The standard InChI is InChI=1S/C13H15NO4/c1-3-4-13(16)18-8-7-17-12(9-14)6-5-11(2)10-15/h1,5-6,9-10,14H,4,7-8H2,2H3/b11-5+,12-6+,14-9?. The van der Waals surface area contributed by atoms with Crippen LogP contribution in [0.5, 0.6) is 0 Å². The number of allylic oxidation sites excluding steroid dienone is 4. The zero-order valence-corrected chi connectivity index (χ0v) is 10.1. The van der Waals surface area contributed by atoms with Gasteiger partial charge in [-0.1, -0.05) is 12.0 Å². The third-order valence-corrected chi connectivity index (χ3v) is 1.70. The fourth-order valence-electron chi connectivity index (χ4n) is 0.840. The molecule has 0 aliphatic rings. The van der Waals surface area contributed by atoms with Crippen LogP contribution < -0.4 is 0 Å². The van der Waals surface area contributed by atoms with E-state index in [1.165, 1.54) is 12.2 Å². The summed E-state index contributed by atoms with van der Waals surface area (Å²) in [4.78, 5) is 21.2. The topological polar surface area (TPSA) is 76.5 Å². The van der Waals surface area contributed by atoms with E-state index in [2.05, 4.69) is 5.92 Å². The second-order valence-corrected chi connectivity index (χ2v) is 3.19. The van der Waals surface area contributed by atoms with Crippen molar-refractivity contribution < 1.29 is 19.1 Å². The predicted molar refractivity (Wildman–Crippen MR) is 67.0 cm³/mol. The molecule has 0 aromatic carbocycles. The van der Waals surface area contributed by atoms with Gasteiger partial charge in [-0.05, 0) is 18.6 Å². The minimum Gasteiger partial charge on any atom is -0.488 e. The first-order chi connectivity index (χ1) is 8.63. The van der Waals surface area contributed by atoms with Crippen LogP contribution >= 0.6 is 0 Å². The maximum atomic E-state index is 10.9. The molecule has 0 aliphatic heterocycles. The summed E-state index contributed by atoms with van der Waals surface area (Å²) in [5.41, 5.74) is 0.512. The van der Waals surface area contributed by atoms with Gasteiger partial charge in [0, 0.05) is 0 Å². The molecule has 0 radical (unpaired) electrons. The van der Waals surface area contributed by atoms with Gasteiger partial charge in [0.15, 0.2) is 0 Å². The predicted octanol–water partition coefficient (Wildman–Crippen LogP) is 1.25. The van der Waals surface area contributed by atoms with Crippen LogP contribution in [-0.4, -0.2) is 31.7 Å². The van der Waals surface area contributed by atoms with Gasteiger partial charge in [0.05, 0.1) is 6.21 Å². The Balaban J connectivity index is 4.03. The smallest absolute Gasteiger partial charge is 0.318 e. The number of carbonyl (C=O) groups excluding carboxylic acids is 2. The Morgan fingerprint density at radius 2 is 2.00 bits per heavy atom. The Morgan fingerprint density at radius 1 is 1.33 bits per heavy atom. The van der Waals surface area contributed by atoms with Crippen LogP contribution in [0.25, 0.3) is 0 Å². The minimum atomic E-state index is -0.488. The minimum absolute atomic E-state index is 0.0576. The Morgan fingerprint density at radius 3 is 2.56 bits per heavy atom. The Kier molecular flexibility index (Phi) is 8.56. The molecule has 5 heteroatoms. The van der Waals surface area contributed by atoms with Crippen LogP contribution in [0.15, 0.2) is 23.5 Å². The van der Waals surface area contributed by atoms with E-state index >= 15 is 0 Å². The molecule has 96 valence electrons. The van der Waals surface area contributed by atoms with Crippen molar-refractivity contribution in [2.75, 3.05) is 13.2 Å². The molecule has 5 nitrogen and oxygen atoms in total. The van der Waals surface area contributed by atoms with Gasteiger partial charge in [0.2, 0.25) is 0 Å². The van der Waals surface area contributed by atoms with Crippen molar-refractivity contribution in [2.24, 2.45) is 0 Å². The normalized spacial score (nSPS) is 11.3. The average molecular weight is 249 g/mol. The highest BCUT2D eigenvalue weighted by Gasteiger charge is 1.99. The molecule has 1 N–H and O–H groups in total. The second-order valence-electron chi connectivity index (χ2n) is 3.19. The van der Waals surface area contributed by atoms with Gasteiger partial charge < -0.3 is 14.9 Å². The van der Waals surface area contributed by atoms with E-state index in [1.807, 2.05) is 0 Å². The van der Waals surface area contributed by atoms with E-state index in [1.54, 1.807) is 6.92 Å². The fraction of sp³-hybridized carbons (Fsp3) is 0.308. The first-order valence-corrected chi connectivity index (χ1v) is 5.20. The molecular weight excluding hydrogens is 234 g/mol. The molecule has 0 rings (SSSR count). The van der Waals surface area contributed by atoms with E-state index in [0.717, 1.165) is 6.21 Å². The number of esters is 1. The maximum absolute atomic E-state index is 10.9. The average Bonchev–Trinajstić information content (AvgIpc) is 2.37. The van der Waals surface area contributed by atoms with Crippen LogP contribution in [0.3, 0.4) is 0 Å². The zero-order chi connectivity index (χ0) is 13.8. The zero-order valence-electron chi connectivity index (χ0n) is 10.1. The highest BCUT2D eigenvalue weighted by atomic mass is 16.6. The highest BCUT2D eigenvalue weighted by molar-refractivity contribution is 5.76. The number of rotatable bonds is 8. The molecule has 0 saturated carbocycles. The highest BCUT2D eigenvalue weighted by Crippen LogP contribution is 1.97. The van der Waals surface area contributed by atoms with E-state index in [-0.39, 0.29) is 25.4 Å². The monoisotopic (exact) mass is 249 g/mol. The molecule has 0 saturated heterocycles. The van der Waals surface area contributed by atoms with Gasteiger partial charge in [0.1, 0.15) is 31.7 Å². The molecule has 18 heavy (non-hydrogen) atoms. The van der Waals surface area contributed by atoms with Gasteiger partial charge in [0.25, 0.3) is 0 Å². The first-order valence-electron chi connectivity index (χ1n) is 5.20. The van der Waals surface area contributed by atoms with E-state index in [0.29, 0.717) is 11.9 Å². The number of nitrogens with one attached hydrogen (secondary N) is 1. The molecule has 0 aromatic rings. The molecule has 0 spiro atoms. The van der Waals surface area contributed by atoms with Crippen molar-refractivity contribution in [3.05, 3.63) is 23.5 Å². The number of carbonyl (C=O) groups is 2. The lowest BCUT2D eigenvalue weighted by Crippen LogP contribution is -2.10. The largest absolute Gasteiger partial charge is 0.488 e.